The number of anilines is 1. The van der Waals surface area contributed by atoms with Crippen molar-refractivity contribution >= 4 is 23.5 Å². The van der Waals surface area contributed by atoms with E-state index < -0.39 is 5.97 Å². The molecule has 1 heterocycles. The van der Waals surface area contributed by atoms with Crippen molar-refractivity contribution in [2.24, 2.45) is 0 Å². The third kappa shape index (κ3) is 6.88. The quantitative estimate of drug-likeness (QED) is 0.203. The first kappa shape index (κ1) is 26.3. The standard InChI is InChI=1S/C28H26N4O3S/c1-3-4-8-15-34-22-13-11-21(12-14-22)26-23(16-29)27(31-2)32-28(24(26)17-30)36-19-25(33)35-18-20-9-6-5-7-10-20/h4-14H,3,15,18-19H2,1-2H3,(H,31,32)/b8-4-. The van der Waals surface area contributed by atoms with E-state index in [9.17, 15) is 15.3 Å². The average molecular weight is 499 g/mol. The van der Waals surface area contributed by atoms with Gasteiger partial charge in [-0.2, -0.15) is 10.5 Å². The van der Waals surface area contributed by atoms with Crippen molar-refractivity contribution in [1.29, 1.82) is 10.5 Å². The van der Waals surface area contributed by atoms with E-state index in [2.05, 4.69) is 29.4 Å². The number of pyridine rings is 1. The molecule has 0 aliphatic heterocycles. The second-order valence-electron chi connectivity index (χ2n) is 7.51. The fraction of sp³-hybridized carbons (Fsp3) is 0.214. The highest BCUT2D eigenvalue weighted by Crippen LogP contribution is 2.37. The molecule has 8 heteroatoms. The van der Waals surface area contributed by atoms with E-state index in [0.29, 0.717) is 34.3 Å². The highest BCUT2D eigenvalue weighted by molar-refractivity contribution is 7.99. The number of nitrogens with one attached hydrogen (secondary N) is 1. The fourth-order valence-corrected chi connectivity index (χ4v) is 4.14. The third-order valence-corrected chi connectivity index (χ3v) is 6.03. The van der Waals surface area contributed by atoms with Gasteiger partial charge in [0.15, 0.2) is 0 Å². The normalized spacial score (nSPS) is 10.4. The summed E-state index contributed by atoms with van der Waals surface area (Å²) in [6, 6.07) is 20.9. The molecule has 2 aromatic carbocycles. The zero-order valence-electron chi connectivity index (χ0n) is 20.2. The van der Waals surface area contributed by atoms with Crippen molar-refractivity contribution < 1.29 is 14.3 Å². The minimum Gasteiger partial charge on any atom is -0.490 e. The number of carbonyl (C=O) groups excluding carboxylic acids is 1. The molecular weight excluding hydrogens is 472 g/mol. The first-order valence-electron chi connectivity index (χ1n) is 11.4. The van der Waals surface area contributed by atoms with E-state index >= 15 is 0 Å². The zero-order valence-corrected chi connectivity index (χ0v) is 21.0. The van der Waals surface area contributed by atoms with E-state index in [1.165, 1.54) is 0 Å². The Morgan fingerprint density at radius 2 is 1.78 bits per heavy atom. The summed E-state index contributed by atoms with van der Waals surface area (Å²) in [5, 5.41) is 23.1. The van der Waals surface area contributed by atoms with Crippen molar-refractivity contribution in [3.05, 3.63) is 83.4 Å². The summed E-state index contributed by atoms with van der Waals surface area (Å²) in [7, 11) is 1.66. The van der Waals surface area contributed by atoms with Gasteiger partial charge in [-0.05, 0) is 29.7 Å². The zero-order chi connectivity index (χ0) is 25.8. The number of nitrogens with zero attached hydrogens (tertiary/aromatic N) is 3. The minimum atomic E-state index is -0.426. The summed E-state index contributed by atoms with van der Waals surface area (Å²) >= 11 is 1.10. The van der Waals surface area contributed by atoms with Crippen molar-refractivity contribution in [3.63, 3.8) is 0 Å². The van der Waals surface area contributed by atoms with Gasteiger partial charge in [0.05, 0.1) is 11.3 Å². The lowest BCUT2D eigenvalue weighted by molar-refractivity contribution is -0.141. The molecule has 0 bridgehead atoms. The van der Waals surface area contributed by atoms with E-state index in [0.717, 1.165) is 23.7 Å². The van der Waals surface area contributed by atoms with Crippen LogP contribution < -0.4 is 10.1 Å². The van der Waals surface area contributed by atoms with Crippen molar-refractivity contribution in [2.75, 3.05) is 24.7 Å². The molecule has 0 amide bonds. The Bertz CT molecular complexity index is 1290. The molecular formula is C28H26N4O3S. The lowest BCUT2D eigenvalue weighted by Gasteiger charge is -2.15. The van der Waals surface area contributed by atoms with Gasteiger partial charge in [0.1, 0.15) is 47.5 Å². The van der Waals surface area contributed by atoms with Gasteiger partial charge >= 0.3 is 5.97 Å². The SMILES string of the molecule is CC/C=C\COc1ccc(-c2c(C#N)c(NC)nc(SCC(=O)OCc3ccccc3)c2C#N)cc1. The lowest BCUT2D eigenvalue weighted by Crippen LogP contribution is -2.09. The van der Waals surface area contributed by atoms with Crippen LogP contribution in [-0.2, 0) is 16.1 Å². The highest BCUT2D eigenvalue weighted by atomic mass is 32.2. The van der Waals surface area contributed by atoms with Gasteiger partial charge in [-0.15, -0.1) is 0 Å². The summed E-state index contributed by atoms with van der Waals surface area (Å²) in [6.07, 6.45) is 4.92. The van der Waals surface area contributed by atoms with Gasteiger partial charge < -0.3 is 14.8 Å². The lowest BCUT2D eigenvalue weighted by atomic mass is 9.96. The molecule has 3 aromatic rings. The van der Waals surface area contributed by atoms with Gasteiger partial charge in [0, 0.05) is 12.6 Å². The van der Waals surface area contributed by atoms with Gasteiger partial charge in [0.2, 0.25) is 0 Å². The van der Waals surface area contributed by atoms with Gasteiger partial charge in [-0.1, -0.05) is 73.3 Å². The summed E-state index contributed by atoms with van der Waals surface area (Å²) in [5.41, 5.74) is 2.50. The van der Waals surface area contributed by atoms with Crippen molar-refractivity contribution in [2.45, 2.75) is 25.0 Å². The van der Waals surface area contributed by atoms with Crippen LogP contribution in [0.25, 0.3) is 11.1 Å². The summed E-state index contributed by atoms with van der Waals surface area (Å²) in [5.74, 6) is 0.554. The second kappa shape index (κ2) is 13.6. The van der Waals surface area contributed by atoms with E-state index in [1.807, 2.05) is 42.5 Å². The van der Waals surface area contributed by atoms with Crippen molar-refractivity contribution in [3.8, 4) is 29.0 Å². The third-order valence-electron chi connectivity index (χ3n) is 5.09. The fourth-order valence-electron chi connectivity index (χ4n) is 3.35. The van der Waals surface area contributed by atoms with Crippen LogP contribution in [0.4, 0.5) is 5.82 Å². The van der Waals surface area contributed by atoms with Crippen LogP contribution in [0.2, 0.25) is 0 Å². The molecule has 1 aromatic heterocycles. The van der Waals surface area contributed by atoms with Crippen LogP contribution in [0.3, 0.4) is 0 Å². The molecule has 3 rings (SSSR count). The molecule has 182 valence electrons. The van der Waals surface area contributed by atoms with E-state index in [1.54, 1.807) is 31.3 Å². The van der Waals surface area contributed by atoms with Gasteiger partial charge in [-0.3, -0.25) is 4.79 Å². The van der Waals surface area contributed by atoms with Crippen molar-refractivity contribution in [1.82, 2.24) is 4.98 Å². The first-order valence-corrected chi connectivity index (χ1v) is 12.4. The Balaban J connectivity index is 1.84. The van der Waals surface area contributed by atoms with Gasteiger partial charge in [-0.25, -0.2) is 4.98 Å². The monoisotopic (exact) mass is 498 g/mol. The summed E-state index contributed by atoms with van der Waals surface area (Å²) < 4.78 is 11.0. The number of aromatic nitrogens is 1. The number of allylic oxidation sites excluding steroid dienone is 1. The smallest absolute Gasteiger partial charge is 0.316 e. The summed E-state index contributed by atoms with van der Waals surface area (Å²) in [4.78, 5) is 16.8. The maximum absolute atomic E-state index is 12.3. The van der Waals surface area contributed by atoms with Crippen LogP contribution in [-0.4, -0.2) is 30.4 Å². The topological polar surface area (TPSA) is 108 Å². The Labute approximate surface area is 215 Å². The van der Waals surface area contributed by atoms with Crippen LogP contribution in [0, 0.1) is 22.7 Å². The number of esters is 1. The Morgan fingerprint density at radius 1 is 1.06 bits per heavy atom. The molecule has 0 fully saturated rings. The van der Waals surface area contributed by atoms with Crippen LogP contribution >= 0.6 is 11.8 Å². The maximum atomic E-state index is 12.3. The number of hydrogen-bond donors (Lipinski definition) is 1. The molecule has 0 unspecified atom stereocenters. The Hall–Kier alpha value is -4.27. The molecule has 0 atom stereocenters. The number of benzene rings is 2. The minimum absolute atomic E-state index is 0.0267. The number of nitriles is 2. The number of rotatable bonds is 11. The molecule has 1 N–H and O–H groups in total. The van der Waals surface area contributed by atoms with Gasteiger partial charge in [0.25, 0.3) is 0 Å². The highest BCUT2D eigenvalue weighted by Gasteiger charge is 2.22. The molecule has 0 aliphatic carbocycles. The summed E-state index contributed by atoms with van der Waals surface area (Å²) in [6.45, 7) is 2.68. The van der Waals surface area contributed by atoms with E-state index in [4.69, 9.17) is 9.47 Å². The predicted octanol–water partition coefficient (Wildman–Crippen LogP) is 5.71. The molecule has 0 aliphatic rings. The average Bonchev–Trinajstić information content (AvgIpc) is 2.93. The predicted molar refractivity (Wildman–Crippen MR) is 141 cm³/mol. The van der Waals surface area contributed by atoms with Crippen LogP contribution in [0.15, 0.2) is 71.8 Å². The molecule has 0 saturated carbocycles. The largest absolute Gasteiger partial charge is 0.490 e. The van der Waals surface area contributed by atoms with Crippen LogP contribution in [0.1, 0.15) is 30.0 Å². The molecule has 7 nitrogen and oxygen atoms in total. The second-order valence-corrected chi connectivity index (χ2v) is 8.48. The molecule has 0 spiro atoms. The number of ether oxygens (including phenoxy) is 2. The number of thioether (sulfide) groups is 1. The Kier molecular flexibility index (Phi) is 9.93. The maximum Gasteiger partial charge on any atom is 0.316 e. The van der Waals surface area contributed by atoms with Crippen LogP contribution in [0.5, 0.6) is 5.75 Å². The molecule has 0 saturated heterocycles. The molecule has 36 heavy (non-hydrogen) atoms. The van der Waals surface area contributed by atoms with E-state index in [-0.39, 0.29) is 23.5 Å². The number of carbonyl (C=O) groups is 1. The first-order chi connectivity index (χ1) is 17.6. The number of hydrogen-bond acceptors (Lipinski definition) is 8. The molecule has 0 radical (unpaired) electrons. The Morgan fingerprint density at radius 3 is 2.42 bits per heavy atom.